The fraction of sp³-hybridized carbons (Fsp3) is 0.370. The number of ether oxygens (including phenoxy) is 1. The monoisotopic (exact) mass is 469 g/mol. The Morgan fingerprint density at radius 1 is 1.00 bits per heavy atom. The normalized spacial score (nSPS) is 15.9. The number of nitrogens with zero attached hydrogens (tertiary/aromatic N) is 6. The lowest BCUT2D eigenvalue weighted by Crippen LogP contribution is -2.20. The van der Waals surface area contributed by atoms with Crippen molar-refractivity contribution in [1.29, 1.82) is 0 Å². The predicted molar refractivity (Wildman–Crippen MR) is 136 cm³/mol. The summed E-state index contributed by atoms with van der Waals surface area (Å²) in [6, 6.07) is 16.6. The van der Waals surface area contributed by atoms with Crippen LogP contribution >= 0.6 is 0 Å². The van der Waals surface area contributed by atoms with Crippen LogP contribution < -0.4 is 5.32 Å². The van der Waals surface area contributed by atoms with Crippen molar-refractivity contribution in [1.82, 2.24) is 29.9 Å². The van der Waals surface area contributed by atoms with Gasteiger partial charge in [0.1, 0.15) is 5.69 Å². The highest BCUT2D eigenvalue weighted by atomic mass is 16.5. The molecule has 0 amide bonds. The second kappa shape index (κ2) is 9.54. The fourth-order valence-electron chi connectivity index (χ4n) is 4.07. The first kappa shape index (κ1) is 23.1. The van der Waals surface area contributed by atoms with E-state index in [1.807, 2.05) is 30.5 Å². The zero-order valence-corrected chi connectivity index (χ0v) is 20.7. The van der Waals surface area contributed by atoms with Crippen molar-refractivity contribution in [3.8, 4) is 22.6 Å². The molecule has 1 saturated heterocycles. The Kier molecular flexibility index (Phi) is 6.30. The van der Waals surface area contributed by atoms with Gasteiger partial charge in [-0.25, -0.2) is 14.6 Å². The summed E-state index contributed by atoms with van der Waals surface area (Å²) in [5.41, 5.74) is 6.46. The first-order valence-electron chi connectivity index (χ1n) is 12.0. The second-order valence-corrected chi connectivity index (χ2v) is 10.1. The highest BCUT2D eigenvalue weighted by Crippen LogP contribution is 2.26. The third-order valence-electron chi connectivity index (χ3n) is 6.00. The molecule has 0 unspecified atom stereocenters. The Balaban J connectivity index is 1.45. The number of aromatic nitrogens is 6. The quantitative estimate of drug-likeness (QED) is 0.439. The number of nitrogens with one attached hydrogen (secondary N) is 1. The summed E-state index contributed by atoms with van der Waals surface area (Å²) in [7, 11) is 0. The number of aryl methyl sites for hydroxylation is 1. The van der Waals surface area contributed by atoms with Crippen LogP contribution in [0.25, 0.3) is 22.6 Å². The van der Waals surface area contributed by atoms with E-state index >= 15 is 0 Å². The van der Waals surface area contributed by atoms with Gasteiger partial charge in [0.2, 0.25) is 5.95 Å². The number of rotatable bonds is 6. The van der Waals surface area contributed by atoms with Crippen molar-refractivity contribution in [3.05, 3.63) is 71.7 Å². The molecular formula is C27H31N7O. The topological polar surface area (TPSA) is 90.6 Å². The summed E-state index contributed by atoms with van der Waals surface area (Å²) in [6.45, 7) is 10.5. The van der Waals surface area contributed by atoms with Crippen LogP contribution in [0.5, 0.6) is 0 Å². The molecule has 1 aliphatic rings. The largest absolute Gasteiger partial charge is 0.379 e. The van der Waals surface area contributed by atoms with Gasteiger partial charge in [-0.1, -0.05) is 55.8 Å². The third kappa shape index (κ3) is 5.54. The summed E-state index contributed by atoms with van der Waals surface area (Å²) in [5, 5.41) is 12.2. The summed E-state index contributed by atoms with van der Waals surface area (Å²) < 4.78 is 7.32. The molecule has 1 fully saturated rings. The van der Waals surface area contributed by atoms with Gasteiger partial charge in [0, 0.05) is 23.3 Å². The molecule has 0 spiro atoms. The molecule has 0 radical (unpaired) electrons. The molecule has 5 rings (SSSR count). The molecule has 4 aromatic rings. The molecule has 0 bridgehead atoms. The molecule has 35 heavy (non-hydrogen) atoms. The SMILES string of the molecule is Cc1cccc(-c2cc(-c3cn(Cc4cccc(C(C)(C)C)n4)nn3)nc(N[C@@H]3CCOC3)n2)c1. The Morgan fingerprint density at radius 3 is 2.60 bits per heavy atom. The summed E-state index contributed by atoms with van der Waals surface area (Å²) >= 11 is 0. The van der Waals surface area contributed by atoms with E-state index in [-0.39, 0.29) is 11.5 Å². The van der Waals surface area contributed by atoms with Gasteiger partial charge in [0.05, 0.1) is 42.5 Å². The number of anilines is 1. The molecule has 4 heterocycles. The Morgan fingerprint density at radius 2 is 1.83 bits per heavy atom. The maximum Gasteiger partial charge on any atom is 0.224 e. The van der Waals surface area contributed by atoms with Gasteiger partial charge in [-0.2, -0.15) is 0 Å². The van der Waals surface area contributed by atoms with Crippen molar-refractivity contribution in [3.63, 3.8) is 0 Å². The number of benzene rings is 1. The van der Waals surface area contributed by atoms with Gasteiger partial charge in [-0.05, 0) is 37.6 Å². The molecule has 1 N–H and O–H groups in total. The van der Waals surface area contributed by atoms with Gasteiger partial charge in [0.15, 0.2) is 0 Å². The number of hydrogen-bond donors (Lipinski definition) is 1. The summed E-state index contributed by atoms with van der Waals surface area (Å²) in [4.78, 5) is 14.4. The number of hydrogen-bond acceptors (Lipinski definition) is 7. The lowest BCUT2D eigenvalue weighted by molar-refractivity contribution is 0.195. The lowest BCUT2D eigenvalue weighted by atomic mass is 9.91. The van der Waals surface area contributed by atoms with E-state index in [1.165, 1.54) is 5.56 Å². The molecular weight excluding hydrogens is 438 g/mol. The van der Waals surface area contributed by atoms with Crippen LogP contribution in [0.2, 0.25) is 0 Å². The van der Waals surface area contributed by atoms with Crippen LogP contribution in [0.1, 0.15) is 44.1 Å². The minimum atomic E-state index is -0.00948. The molecule has 3 aromatic heterocycles. The van der Waals surface area contributed by atoms with Gasteiger partial charge in [0.25, 0.3) is 0 Å². The second-order valence-electron chi connectivity index (χ2n) is 10.1. The van der Waals surface area contributed by atoms with Gasteiger partial charge in [-0.15, -0.1) is 5.10 Å². The Hall–Kier alpha value is -3.65. The smallest absolute Gasteiger partial charge is 0.224 e. The van der Waals surface area contributed by atoms with Crippen LogP contribution in [-0.4, -0.2) is 49.2 Å². The van der Waals surface area contributed by atoms with Crippen LogP contribution in [0.15, 0.2) is 54.7 Å². The van der Waals surface area contributed by atoms with E-state index in [0.717, 1.165) is 41.4 Å². The van der Waals surface area contributed by atoms with Crippen molar-refractivity contribution >= 4 is 5.95 Å². The van der Waals surface area contributed by atoms with E-state index in [9.17, 15) is 0 Å². The number of pyridine rings is 1. The van der Waals surface area contributed by atoms with Gasteiger partial charge < -0.3 is 10.1 Å². The average Bonchev–Trinajstić information content (AvgIpc) is 3.51. The minimum absolute atomic E-state index is 0.00948. The predicted octanol–water partition coefficient (Wildman–Crippen LogP) is 4.65. The molecule has 180 valence electrons. The zero-order chi connectivity index (χ0) is 24.4. The fourth-order valence-corrected chi connectivity index (χ4v) is 4.07. The molecule has 0 aliphatic carbocycles. The summed E-state index contributed by atoms with van der Waals surface area (Å²) in [6.07, 6.45) is 2.85. The van der Waals surface area contributed by atoms with Crippen LogP contribution in [0.3, 0.4) is 0 Å². The van der Waals surface area contributed by atoms with E-state index in [1.54, 1.807) is 4.68 Å². The maximum absolute atomic E-state index is 5.51. The standard InChI is InChI=1S/C27H31N7O/c1-18-7-5-8-19(13-18)22-14-23(31-26(30-22)29-21-11-12-35-17-21)24-16-34(33-32-24)15-20-9-6-10-25(28-20)27(2,3)4/h5-10,13-14,16,21H,11-12,15,17H2,1-4H3,(H,29,30,31)/t21-/m1/s1. The highest BCUT2D eigenvalue weighted by Gasteiger charge is 2.19. The minimum Gasteiger partial charge on any atom is -0.379 e. The van der Waals surface area contributed by atoms with Gasteiger partial charge in [-0.3, -0.25) is 4.98 Å². The molecule has 0 saturated carbocycles. The first-order valence-corrected chi connectivity index (χ1v) is 12.0. The molecule has 8 heteroatoms. The Labute approximate surface area is 205 Å². The van der Waals surface area contributed by atoms with Crippen molar-refractivity contribution in [2.75, 3.05) is 18.5 Å². The van der Waals surface area contributed by atoms with E-state index in [0.29, 0.717) is 24.8 Å². The highest BCUT2D eigenvalue weighted by molar-refractivity contribution is 5.68. The molecule has 1 aromatic carbocycles. The summed E-state index contributed by atoms with van der Waals surface area (Å²) in [5.74, 6) is 0.573. The maximum atomic E-state index is 5.51. The van der Waals surface area contributed by atoms with Crippen molar-refractivity contribution in [2.45, 2.75) is 52.1 Å². The van der Waals surface area contributed by atoms with E-state index in [2.05, 4.69) is 67.6 Å². The molecule has 1 atom stereocenters. The first-order chi connectivity index (χ1) is 16.8. The molecule has 1 aliphatic heterocycles. The Bertz CT molecular complexity index is 1320. The van der Waals surface area contributed by atoms with Crippen LogP contribution in [-0.2, 0) is 16.7 Å². The zero-order valence-electron chi connectivity index (χ0n) is 20.7. The van der Waals surface area contributed by atoms with Crippen molar-refractivity contribution in [2.24, 2.45) is 0 Å². The van der Waals surface area contributed by atoms with E-state index < -0.39 is 0 Å². The third-order valence-corrected chi connectivity index (χ3v) is 6.00. The van der Waals surface area contributed by atoms with Gasteiger partial charge >= 0.3 is 0 Å². The average molecular weight is 470 g/mol. The lowest BCUT2D eigenvalue weighted by Gasteiger charge is -2.18. The van der Waals surface area contributed by atoms with Crippen LogP contribution in [0.4, 0.5) is 5.95 Å². The van der Waals surface area contributed by atoms with Crippen molar-refractivity contribution < 1.29 is 4.74 Å². The van der Waals surface area contributed by atoms with E-state index in [4.69, 9.17) is 19.7 Å². The molecule has 8 nitrogen and oxygen atoms in total. The van der Waals surface area contributed by atoms with Crippen LogP contribution in [0, 0.1) is 6.92 Å².